The molecule has 3 nitrogen and oxygen atoms in total. The number of aryl methyl sites for hydroxylation is 1. The van der Waals surface area contributed by atoms with Gasteiger partial charge in [0.2, 0.25) is 0 Å². The van der Waals surface area contributed by atoms with Gasteiger partial charge >= 0.3 is 0 Å². The van der Waals surface area contributed by atoms with E-state index in [1.807, 2.05) is 17.9 Å². The third kappa shape index (κ3) is 2.16. The van der Waals surface area contributed by atoms with Gasteiger partial charge in [0.05, 0.1) is 6.20 Å². The van der Waals surface area contributed by atoms with E-state index in [-0.39, 0.29) is 24.8 Å². The number of nitrogens with two attached hydrogens (primary N) is 1. The standard InChI is InChI=1S/C8H13N3.2ClH/c1-5-7(4-10-11(5)2)6-3-8(6)9;;/h4,6,8H,3,9H2,1-2H3;2*1H/t6-,8+;;/m0../s1. The SMILES string of the molecule is Cc1c([C@@H]2C[C@H]2N)cnn1C.Cl.Cl. The molecule has 76 valence electrons. The molecule has 0 aromatic carbocycles. The summed E-state index contributed by atoms with van der Waals surface area (Å²) >= 11 is 0. The molecule has 1 fully saturated rings. The molecule has 0 bridgehead atoms. The van der Waals surface area contributed by atoms with Gasteiger partial charge in [0.15, 0.2) is 0 Å². The Hall–Kier alpha value is -0.250. The Bertz CT molecular complexity index is 285. The lowest BCUT2D eigenvalue weighted by Gasteiger charge is -1.96. The van der Waals surface area contributed by atoms with Crippen molar-refractivity contribution in [1.82, 2.24) is 9.78 Å². The maximum absolute atomic E-state index is 5.74. The van der Waals surface area contributed by atoms with Crippen LogP contribution in [0.15, 0.2) is 6.20 Å². The first-order chi connectivity index (χ1) is 5.20. The third-order valence-electron chi connectivity index (χ3n) is 2.51. The fourth-order valence-corrected chi connectivity index (χ4v) is 1.45. The topological polar surface area (TPSA) is 43.8 Å². The Kier molecular flexibility index (Phi) is 4.23. The quantitative estimate of drug-likeness (QED) is 0.783. The van der Waals surface area contributed by atoms with Gasteiger partial charge in [-0.2, -0.15) is 5.10 Å². The largest absolute Gasteiger partial charge is 0.327 e. The Balaban J connectivity index is 0.000000720. The van der Waals surface area contributed by atoms with Crippen molar-refractivity contribution >= 4 is 24.8 Å². The molecule has 0 amide bonds. The molecule has 2 N–H and O–H groups in total. The zero-order valence-electron chi connectivity index (χ0n) is 7.73. The van der Waals surface area contributed by atoms with E-state index in [0.717, 1.165) is 6.42 Å². The molecular formula is C8H15Cl2N3. The molecule has 0 aliphatic heterocycles. The van der Waals surface area contributed by atoms with E-state index in [0.29, 0.717) is 12.0 Å². The van der Waals surface area contributed by atoms with Crippen LogP contribution >= 0.6 is 24.8 Å². The third-order valence-corrected chi connectivity index (χ3v) is 2.51. The minimum absolute atomic E-state index is 0. The molecular weight excluding hydrogens is 209 g/mol. The van der Waals surface area contributed by atoms with Gasteiger partial charge in [-0.05, 0) is 18.9 Å². The maximum Gasteiger partial charge on any atom is 0.0527 e. The summed E-state index contributed by atoms with van der Waals surface area (Å²) in [7, 11) is 1.97. The van der Waals surface area contributed by atoms with Crippen LogP contribution in [-0.2, 0) is 7.05 Å². The molecule has 1 aliphatic rings. The Morgan fingerprint density at radius 2 is 2.08 bits per heavy atom. The number of rotatable bonds is 1. The summed E-state index contributed by atoms with van der Waals surface area (Å²) in [6.07, 6.45) is 3.07. The van der Waals surface area contributed by atoms with Crippen LogP contribution in [0.25, 0.3) is 0 Å². The van der Waals surface area contributed by atoms with Gasteiger partial charge < -0.3 is 5.73 Å². The highest BCUT2D eigenvalue weighted by Crippen LogP contribution is 2.39. The lowest BCUT2D eigenvalue weighted by Crippen LogP contribution is -2.01. The highest BCUT2D eigenvalue weighted by molar-refractivity contribution is 5.85. The fourth-order valence-electron chi connectivity index (χ4n) is 1.45. The second-order valence-corrected chi connectivity index (χ2v) is 3.31. The highest BCUT2D eigenvalue weighted by atomic mass is 35.5. The summed E-state index contributed by atoms with van der Waals surface area (Å²) in [4.78, 5) is 0. The van der Waals surface area contributed by atoms with E-state index < -0.39 is 0 Å². The van der Waals surface area contributed by atoms with Crippen molar-refractivity contribution < 1.29 is 0 Å². The van der Waals surface area contributed by atoms with Crippen molar-refractivity contribution in [2.75, 3.05) is 0 Å². The smallest absolute Gasteiger partial charge is 0.0527 e. The number of nitrogens with zero attached hydrogens (tertiary/aromatic N) is 2. The highest BCUT2D eigenvalue weighted by Gasteiger charge is 2.36. The van der Waals surface area contributed by atoms with Gasteiger partial charge in [0, 0.05) is 24.7 Å². The van der Waals surface area contributed by atoms with Crippen LogP contribution < -0.4 is 5.73 Å². The molecule has 1 aromatic rings. The van der Waals surface area contributed by atoms with Crippen molar-refractivity contribution in [3.8, 4) is 0 Å². The normalized spacial score (nSPS) is 24.5. The van der Waals surface area contributed by atoms with E-state index >= 15 is 0 Å². The first-order valence-corrected chi connectivity index (χ1v) is 3.94. The summed E-state index contributed by atoms with van der Waals surface area (Å²) in [5.41, 5.74) is 8.33. The van der Waals surface area contributed by atoms with Gasteiger partial charge in [-0.1, -0.05) is 0 Å². The molecule has 5 heteroatoms. The maximum atomic E-state index is 5.74. The number of halogens is 2. The average molecular weight is 224 g/mol. The fraction of sp³-hybridized carbons (Fsp3) is 0.625. The number of aromatic nitrogens is 2. The summed E-state index contributed by atoms with van der Waals surface area (Å²) in [6, 6.07) is 0.387. The van der Waals surface area contributed by atoms with Gasteiger partial charge in [-0.3, -0.25) is 4.68 Å². The Labute approximate surface area is 90.5 Å². The molecule has 1 heterocycles. The van der Waals surface area contributed by atoms with Crippen molar-refractivity contribution in [3.05, 3.63) is 17.5 Å². The number of hydrogen-bond acceptors (Lipinski definition) is 2. The van der Waals surface area contributed by atoms with Crippen LogP contribution in [0.3, 0.4) is 0 Å². The first-order valence-electron chi connectivity index (χ1n) is 3.94. The van der Waals surface area contributed by atoms with E-state index in [4.69, 9.17) is 5.73 Å². The van der Waals surface area contributed by atoms with E-state index in [1.165, 1.54) is 11.3 Å². The van der Waals surface area contributed by atoms with Gasteiger partial charge in [0.25, 0.3) is 0 Å². The second kappa shape index (κ2) is 4.31. The predicted octanol–water partition coefficient (Wildman–Crippen LogP) is 1.39. The molecule has 2 rings (SSSR count). The van der Waals surface area contributed by atoms with Crippen LogP contribution in [0.1, 0.15) is 23.6 Å². The van der Waals surface area contributed by atoms with Crippen LogP contribution in [0.2, 0.25) is 0 Å². The molecule has 2 atom stereocenters. The molecule has 0 spiro atoms. The Morgan fingerprint density at radius 1 is 1.54 bits per heavy atom. The summed E-state index contributed by atoms with van der Waals surface area (Å²) in [5.74, 6) is 0.587. The minimum atomic E-state index is 0. The van der Waals surface area contributed by atoms with Gasteiger partial charge in [0.1, 0.15) is 0 Å². The van der Waals surface area contributed by atoms with Crippen LogP contribution in [0, 0.1) is 6.92 Å². The zero-order chi connectivity index (χ0) is 8.01. The van der Waals surface area contributed by atoms with Crippen LogP contribution in [-0.4, -0.2) is 15.8 Å². The van der Waals surface area contributed by atoms with Gasteiger partial charge in [-0.15, -0.1) is 24.8 Å². The van der Waals surface area contributed by atoms with Gasteiger partial charge in [-0.25, -0.2) is 0 Å². The van der Waals surface area contributed by atoms with E-state index in [9.17, 15) is 0 Å². The van der Waals surface area contributed by atoms with Crippen molar-refractivity contribution in [1.29, 1.82) is 0 Å². The van der Waals surface area contributed by atoms with E-state index in [1.54, 1.807) is 0 Å². The van der Waals surface area contributed by atoms with Crippen molar-refractivity contribution in [2.24, 2.45) is 12.8 Å². The van der Waals surface area contributed by atoms with Crippen LogP contribution in [0.5, 0.6) is 0 Å². The predicted molar refractivity (Wildman–Crippen MR) is 57.8 cm³/mol. The molecule has 0 unspecified atom stereocenters. The monoisotopic (exact) mass is 223 g/mol. The molecule has 1 aromatic heterocycles. The lowest BCUT2D eigenvalue weighted by atomic mass is 10.2. The first kappa shape index (κ1) is 12.8. The van der Waals surface area contributed by atoms with Crippen LogP contribution in [0.4, 0.5) is 0 Å². The summed E-state index contributed by atoms with van der Waals surface area (Å²) < 4.78 is 1.90. The molecule has 1 saturated carbocycles. The summed E-state index contributed by atoms with van der Waals surface area (Å²) in [6.45, 7) is 2.09. The summed E-state index contributed by atoms with van der Waals surface area (Å²) in [5, 5.41) is 4.17. The molecule has 0 radical (unpaired) electrons. The zero-order valence-corrected chi connectivity index (χ0v) is 9.36. The molecule has 0 saturated heterocycles. The minimum Gasteiger partial charge on any atom is -0.327 e. The molecule has 1 aliphatic carbocycles. The number of hydrogen-bond donors (Lipinski definition) is 1. The van der Waals surface area contributed by atoms with Crippen molar-refractivity contribution in [2.45, 2.75) is 25.3 Å². The van der Waals surface area contributed by atoms with Crippen molar-refractivity contribution in [3.63, 3.8) is 0 Å². The van der Waals surface area contributed by atoms with E-state index in [2.05, 4.69) is 12.0 Å². The average Bonchev–Trinajstić information content (AvgIpc) is 2.58. The molecule has 13 heavy (non-hydrogen) atoms. The lowest BCUT2D eigenvalue weighted by molar-refractivity contribution is 0.737. The Morgan fingerprint density at radius 3 is 2.38 bits per heavy atom. The second-order valence-electron chi connectivity index (χ2n) is 3.31.